The third-order valence-corrected chi connectivity index (χ3v) is 8.89. The highest BCUT2D eigenvalue weighted by Gasteiger charge is 2.34. The van der Waals surface area contributed by atoms with Gasteiger partial charge in [0.15, 0.2) is 10.2 Å². The van der Waals surface area contributed by atoms with E-state index in [1.807, 2.05) is 0 Å². The van der Waals surface area contributed by atoms with Crippen LogP contribution < -0.4 is 5.32 Å². The van der Waals surface area contributed by atoms with E-state index in [1.54, 1.807) is 66.7 Å². The zero-order valence-corrected chi connectivity index (χ0v) is 24.7. The fraction of sp³-hybridized carbons (Fsp3) is 0.161. The zero-order chi connectivity index (χ0) is 30.0. The van der Waals surface area contributed by atoms with E-state index in [0.29, 0.717) is 37.7 Å². The van der Waals surface area contributed by atoms with Gasteiger partial charge in [0.2, 0.25) is 0 Å². The number of thiophene rings is 1. The molecule has 12 heteroatoms. The number of aryl methyl sites for hydroxylation is 1. The van der Waals surface area contributed by atoms with Crippen molar-refractivity contribution in [1.82, 2.24) is 9.97 Å². The van der Waals surface area contributed by atoms with E-state index in [-0.39, 0.29) is 16.8 Å². The molecule has 1 aliphatic rings. The van der Waals surface area contributed by atoms with Crippen LogP contribution in [0.15, 0.2) is 92.5 Å². The van der Waals surface area contributed by atoms with Crippen LogP contribution in [0.1, 0.15) is 45.1 Å². The van der Waals surface area contributed by atoms with Crippen LogP contribution in [0, 0.1) is 0 Å². The molecule has 6 rings (SSSR count). The van der Waals surface area contributed by atoms with E-state index in [9.17, 15) is 18.0 Å². The van der Waals surface area contributed by atoms with Crippen molar-refractivity contribution < 1.29 is 22.4 Å². The molecule has 0 spiro atoms. The molecule has 43 heavy (non-hydrogen) atoms. The first-order valence-corrected chi connectivity index (χ1v) is 15.3. The lowest BCUT2D eigenvalue weighted by Gasteiger charge is -2.12. The summed E-state index contributed by atoms with van der Waals surface area (Å²) in [7, 11) is 0. The molecule has 0 atom stereocenters. The largest absolute Gasteiger partial charge is 0.448 e. The molecular weight excluding hydrogens is 617 g/mol. The number of furan rings is 1. The maximum absolute atomic E-state index is 13.6. The van der Waals surface area contributed by atoms with Crippen LogP contribution in [0.3, 0.4) is 0 Å². The van der Waals surface area contributed by atoms with Crippen molar-refractivity contribution >= 4 is 57.5 Å². The van der Waals surface area contributed by atoms with Gasteiger partial charge in [0, 0.05) is 21.2 Å². The minimum Gasteiger partial charge on any atom is -0.448 e. The molecule has 0 saturated heterocycles. The van der Waals surface area contributed by atoms with E-state index in [0.717, 1.165) is 54.0 Å². The van der Waals surface area contributed by atoms with Crippen LogP contribution >= 0.6 is 34.7 Å². The molecule has 0 unspecified atom stereocenters. The number of carbonyl (C=O) groups is 1. The Balaban J connectivity index is 1.25. The number of fused-ring (bicyclic) bond motifs is 1. The number of hydrogen-bond donors (Lipinski definition) is 1. The van der Waals surface area contributed by atoms with E-state index >= 15 is 0 Å². The lowest BCUT2D eigenvalue weighted by Crippen LogP contribution is -2.14. The van der Waals surface area contributed by atoms with Gasteiger partial charge in [0.05, 0.1) is 17.5 Å². The number of benzene rings is 2. The Kier molecular flexibility index (Phi) is 8.38. The third kappa shape index (κ3) is 6.84. The molecule has 1 aliphatic carbocycles. The molecule has 3 aromatic heterocycles. The van der Waals surface area contributed by atoms with Crippen LogP contribution in [0.2, 0.25) is 5.02 Å². The van der Waals surface area contributed by atoms with Gasteiger partial charge in [-0.05, 0) is 85.5 Å². The van der Waals surface area contributed by atoms with Crippen molar-refractivity contribution in [3.8, 4) is 11.3 Å². The molecule has 2 aromatic carbocycles. The number of carbonyl (C=O) groups excluding carboxylic acids is 1. The maximum atomic E-state index is 13.6. The highest BCUT2D eigenvalue weighted by Crippen LogP contribution is 2.40. The molecule has 6 nitrogen and oxygen atoms in total. The Hall–Kier alpha value is -3.93. The van der Waals surface area contributed by atoms with Crippen LogP contribution in [0.5, 0.6) is 0 Å². The van der Waals surface area contributed by atoms with Crippen molar-refractivity contribution in [3.05, 3.63) is 105 Å². The molecule has 0 bridgehead atoms. The minimum atomic E-state index is -4.64. The number of nitrogens with one attached hydrogen (secondary N) is 1. The van der Waals surface area contributed by atoms with Gasteiger partial charge >= 0.3 is 6.18 Å². The van der Waals surface area contributed by atoms with E-state index < -0.39 is 11.9 Å². The first-order chi connectivity index (χ1) is 20.7. The molecule has 0 saturated carbocycles. The molecule has 218 valence electrons. The molecular formula is C31H22ClF3N4O2S2. The summed E-state index contributed by atoms with van der Waals surface area (Å²) in [5.41, 5.74) is 1.84. The second-order valence-corrected chi connectivity index (χ2v) is 12.1. The number of aromatic nitrogens is 2. The normalized spacial score (nSPS) is 13.3. The number of alkyl halides is 3. The van der Waals surface area contributed by atoms with E-state index in [4.69, 9.17) is 16.0 Å². The molecule has 1 N–H and O–H groups in total. The smallest absolute Gasteiger partial charge is 0.433 e. The van der Waals surface area contributed by atoms with E-state index in [1.165, 1.54) is 17.6 Å². The van der Waals surface area contributed by atoms with Gasteiger partial charge < -0.3 is 9.73 Å². The average molecular weight is 639 g/mol. The number of hydrogen-bond acceptors (Lipinski definition) is 7. The number of amides is 1. The highest BCUT2D eigenvalue weighted by molar-refractivity contribution is 7.99. The second kappa shape index (κ2) is 12.4. The Bertz CT molecular complexity index is 1800. The molecule has 0 radical (unpaired) electrons. The molecule has 5 aromatic rings. The predicted molar refractivity (Wildman–Crippen MR) is 163 cm³/mol. The lowest BCUT2D eigenvalue weighted by molar-refractivity contribution is -0.141. The van der Waals surface area contributed by atoms with Crippen molar-refractivity contribution in [2.75, 3.05) is 5.32 Å². The highest BCUT2D eigenvalue weighted by atomic mass is 35.5. The summed E-state index contributed by atoms with van der Waals surface area (Å²) in [5.74, 6) is 0.119. The van der Waals surface area contributed by atoms with Gasteiger partial charge in [-0.2, -0.15) is 13.2 Å². The van der Waals surface area contributed by atoms with Gasteiger partial charge in [0.25, 0.3) is 5.91 Å². The fourth-order valence-electron chi connectivity index (χ4n) is 4.65. The number of nitrogens with zero attached hydrogens (tertiary/aromatic N) is 3. The van der Waals surface area contributed by atoms with E-state index in [2.05, 4.69) is 20.3 Å². The predicted octanol–water partition coefficient (Wildman–Crippen LogP) is 9.50. The van der Waals surface area contributed by atoms with Gasteiger partial charge in [-0.1, -0.05) is 41.9 Å². The molecule has 0 fully saturated rings. The maximum Gasteiger partial charge on any atom is 0.433 e. The first-order valence-electron chi connectivity index (χ1n) is 13.3. The van der Waals surface area contributed by atoms with Crippen molar-refractivity contribution in [3.63, 3.8) is 0 Å². The third-order valence-electron chi connectivity index (χ3n) is 6.65. The Morgan fingerprint density at radius 1 is 1.02 bits per heavy atom. The first kappa shape index (κ1) is 29.2. The molecule has 1 amide bonds. The van der Waals surface area contributed by atoms with Crippen molar-refractivity contribution in [1.29, 1.82) is 0 Å². The summed E-state index contributed by atoms with van der Waals surface area (Å²) < 4.78 is 46.7. The number of anilines is 1. The summed E-state index contributed by atoms with van der Waals surface area (Å²) in [6.07, 6.45) is 0.602. The standard InChI is InChI=1S/C31H22ClF3N4O2S2/c32-19-10-12-20(13-11-19)37-28(40)27-22-8-4-5-9-24(22)42-29(27)36-17-21-14-15-26(41-21)43-30-38-23(18-6-2-1-3-7-18)16-25(39-30)31(33,34)35/h1-3,6-7,10-17H,4-5,8-9H2,(H,37,40). The van der Waals surface area contributed by atoms with Crippen molar-refractivity contribution in [2.45, 2.75) is 42.1 Å². The average Bonchev–Trinajstić information content (AvgIpc) is 3.61. The number of aliphatic imine (C=N–C) groups is 1. The van der Waals surface area contributed by atoms with Crippen LogP contribution in [0.25, 0.3) is 11.3 Å². The quantitative estimate of drug-likeness (QED) is 0.142. The fourth-order valence-corrected chi connectivity index (χ4v) is 6.75. The lowest BCUT2D eigenvalue weighted by atomic mass is 9.95. The zero-order valence-electron chi connectivity index (χ0n) is 22.3. The van der Waals surface area contributed by atoms with Gasteiger partial charge in [-0.3, -0.25) is 4.79 Å². The number of halogens is 4. The second-order valence-electron chi connectivity index (χ2n) is 9.65. The Labute approximate surface area is 258 Å². The Morgan fingerprint density at radius 3 is 2.56 bits per heavy atom. The monoisotopic (exact) mass is 638 g/mol. The Morgan fingerprint density at radius 2 is 1.79 bits per heavy atom. The SMILES string of the molecule is O=C(Nc1ccc(Cl)cc1)c1c(N=Cc2ccc(Sc3nc(-c4ccccc4)cc(C(F)(F)F)n3)o2)sc2c1CCCC2. The summed E-state index contributed by atoms with van der Waals surface area (Å²) in [4.78, 5) is 27.2. The van der Waals surface area contributed by atoms with Crippen LogP contribution in [-0.2, 0) is 19.0 Å². The summed E-state index contributed by atoms with van der Waals surface area (Å²) in [6, 6.07) is 19.7. The topological polar surface area (TPSA) is 80.4 Å². The van der Waals surface area contributed by atoms with Crippen LogP contribution in [0.4, 0.5) is 23.9 Å². The minimum absolute atomic E-state index is 0.0985. The van der Waals surface area contributed by atoms with Gasteiger partial charge in [0.1, 0.15) is 16.5 Å². The van der Waals surface area contributed by atoms with Gasteiger partial charge in [-0.15, -0.1) is 11.3 Å². The summed E-state index contributed by atoms with van der Waals surface area (Å²) >= 11 is 8.34. The molecule has 0 aliphatic heterocycles. The van der Waals surface area contributed by atoms with Crippen LogP contribution in [-0.4, -0.2) is 22.1 Å². The molecule has 3 heterocycles. The van der Waals surface area contributed by atoms with Gasteiger partial charge in [-0.25, -0.2) is 15.0 Å². The summed E-state index contributed by atoms with van der Waals surface area (Å²) in [5, 5.41) is 4.28. The number of rotatable bonds is 7. The van der Waals surface area contributed by atoms with Crippen molar-refractivity contribution in [2.24, 2.45) is 4.99 Å². The summed E-state index contributed by atoms with van der Waals surface area (Å²) in [6.45, 7) is 0.